The zero-order valence-corrected chi connectivity index (χ0v) is 5.82. The molecule has 1 fully saturated rings. The summed E-state index contributed by atoms with van der Waals surface area (Å²) in [5, 5.41) is 18.7. The summed E-state index contributed by atoms with van der Waals surface area (Å²) >= 11 is 0. The third-order valence-corrected chi connectivity index (χ3v) is 2.06. The number of quaternary nitrogens is 1. The van der Waals surface area contributed by atoms with E-state index < -0.39 is 23.8 Å². The van der Waals surface area contributed by atoms with E-state index in [9.17, 15) is 14.7 Å². The normalized spacial score (nSPS) is 34.8. The number of carbonyl (C=O) groups excluding carboxylic acids is 1. The Morgan fingerprint density at radius 2 is 2.00 bits per heavy atom. The molecule has 0 radical (unpaired) electrons. The van der Waals surface area contributed by atoms with Crippen molar-refractivity contribution < 1.29 is 25.5 Å². The Hall–Kier alpha value is -1.10. The largest absolute Gasteiger partial charge is 0.550 e. The zero-order valence-electron chi connectivity index (χ0n) is 5.82. The van der Waals surface area contributed by atoms with Crippen LogP contribution in [0.15, 0.2) is 0 Å². The second-order valence-electron chi connectivity index (χ2n) is 2.66. The molecule has 1 saturated carbocycles. The molecule has 0 amide bonds. The molecule has 62 valence electrons. The molecule has 1 rings (SSSR count). The zero-order chi connectivity index (χ0) is 8.59. The van der Waals surface area contributed by atoms with Crippen LogP contribution in [0, 0.1) is 17.8 Å². The van der Waals surface area contributed by atoms with Gasteiger partial charge in [0, 0.05) is 17.8 Å². The van der Waals surface area contributed by atoms with Crippen molar-refractivity contribution in [3.8, 4) is 0 Å². The highest BCUT2D eigenvalue weighted by Gasteiger charge is 2.56. The van der Waals surface area contributed by atoms with Gasteiger partial charge in [0.2, 0.25) is 0 Å². The molecule has 4 N–H and O–H groups in total. The van der Waals surface area contributed by atoms with Gasteiger partial charge in [0.05, 0.1) is 12.5 Å². The maximum atomic E-state index is 10.3. The summed E-state index contributed by atoms with van der Waals surface area (Å²) in [7, 11) is 0. The minimum absolute atomic E-state index is 0.322. The van der Waals surface area contributed by atoms with E-state index in [1.165, 1.54) is 0 Å². The first-order valence-corrected chi connectivity index (χ1v) is 3.32. The van der Waals surface area contributed by atoms with Crippen LogP contribution >= 0.6 is 0 Å². The van der Waals surface area contributed by atoms with Gasteiger partial charge >= 0.3 is 5.97 Å². The molecule has 0 aromatic rings. The highest BCUT2D eigenvalue weighted by molar-refractivity contribution is 5.85. The van der Waals surface area contributed by atoms with Crippen molar-refractivity contribution in [3.05, 3.63) is 0 Å². The fraction of sp³-hybridized carbons (Fsp3) is 0.667. The Morgan fingerprint density at radius 1 is 1.45 bits per heavy atom. The summed E-state index contributed by atoms with van der Waals surface area (Å²) in [4.78, 5) is 20.6. The van der Waals surface area contributed by atoms with Crippen LogP contribution in [0.3, 0.4) is 0 Å². The summed E-state index contributed by atoms with van der Waals surface area (Å²) < 4.78 is 0. The first-order valence-electron chi connectivity index (χ1n) is 3.32. The second-order valence-corrected chi connectivity index (χ2v) is 2.66. The number of carboxylic acids is 2. The fourth-order valence-corrected chi connectivity index (χ4v) is 1.39. The van der Waals surface area contributed by atoms with Gasteiger partial charge in [-0.3, -0.25) is 4.79 Å². The van der Waals surface area contributed by atoms with E-state index in [4.69, 9.17) is 5.11 Å². The lowest BCUT2D eigenvalue weighted by Crippen LogP contribution is -2.52. The molecule has 1 aliphatic carbocycles. The van der Waals surface area contributed by atoms with Gasteiger partial charge in [-0.2, -0.15) is 0 Å². The molecule has 11 heavy (non-hydrogen) atoms. The molecule has 0 aromatic heterocycles. The highest BCUT2D eigenvalue weighted by Crippen LogP contribution is 2.44. The average molecular weight is 159 g/mol. The van der Waals surface area contributed by atoms with Crippen LogP contribution in [-0.2, 0) is 9.59 Å². The first kappa shape index (κ1) is 8.00. The topological polar surface area (TPSA) is 105 Å². The van der Waals surface area contributed by atoms with Gasteiger partial charge in [-0.05, 0) is 0 Å². The molecule has 0 aliphatic heterocycles. The standard InChI is InChI=1S/C6H9NO4/c7-1-2-3(5(8)9)4(2)6(10)11/h2-4H,1,7H2,(H,8,9)(H,10,11)/t3-,4-/m0/s1. The van der Waals surface area contributed by atoms with Crippen LogP contribution in [0.1, 0.15) is 0 Å². The van der Waals surface area contributed by atoms with E-state index in [1.807, 2.05) is 0 Å². The SMILES string of the molecule is [NH3+]C[C@H]1[C@H](C(=O)[O-])[C@H]1C(=O)O. The first-order chi connectivity index (χ1) is 5.09. The second kappa shape index (κ2) is 2.50. The van der Waals surface area contributed by atoms with E-state index in [1.54, 1.807) is 0 Å². The molecule has 0 saturated heterocycles. The van der Waals surface area contributed by atoms with Gasteiger partial charge in [0.15, 0.2) is 0 Å². The van der Waals surface area contributed by atoms with E-state index in [0.29, 0.717) is 6.54 Å². The summed E-state index contributed by atoms with van der Waals surface area (Å²) in [5.41, 5.74) is 3.46. The molecule has 5 heteroatoms. The third kappa shape index (κ3) is 1.19. The van der Waals surface area contributed by atoms with Gasteiger partial charge in [0.1, 0.15) is 0 Å². The molecule has 0 heterocycles. The molecule has 0 aromatic carbocycles. The predicted octanol–water partition coefficient (Wildman–Crippen LogP) is -3.07. The van der Waals surface area contributed by atoms with Crippen LogP contribution in [-0.4, -0.2) is 23.6 Å². The molecule has 0 unspecified atom stereocenters. The molecule has 1 aliphatic rings. The van der Waals surface area contributed by atoms with E-state index in [0.717, 1.165) is 0 Å². The number of hydrogen-bond donors (Lipinski definition) is 2. The lowest BCUT2D eigenvalue weighted by molar-refractivity contribution is -0.374. The Kier molecular flexibility index (Phi) is 1.82. The average Bonchev–Trinajstić information content (AvgIpc) is 2.59. The van der Waals surface area contributed by atoms with Crippen LogP contribution < -0.4 is 10.8 Å². The molecule has 3 atom stereocenters. The van der Waals surface area contributed by atoms with Crippen molar-refractivity contribution in [2.75, 3.05) is 6.54 Å². The minimum Gasteiger partial charge on any atom is -0.550 e. The Bertz CT molecular complexity index is 183. The van der Waals surface area contributed by atoms with E-state index >= 15 is 0 Å². The minimum atomic E-state index is -1.27. The maximum absolute atomic E-state index is 10.3. The number of aliphatic carboxylic acids is 2. The number of carboxylic acid groups (broad SMARTS) is 2. The summed E-state index contributed by atoms with van der Waals surface area (Å²) in [6.45, 7) is 0.343. The van der Waals surface area contributed by atoms with Crippen molar-refractivity contribution in [1.82, 2.24) is 0 Å². The van der Waals surface area contributed by atoms with Crippen molar-refractivity contribution in [1.29, 1.82) is 0 Å². The van der Waals surface area contributed by atoms with Gasteiger partial charge in [0.25, 0.3) is 0 Å². The molecule has 0 bridgehead atoms. The molecule has 0 spiro atoms. The Balaban J connectivity index is 2.59. The number of carbonyl (C=O) groups is 2. The molecule has 5 nitrogen and oxygen atoms in total. The van der Waals surface area contributed by atoms with Gasteiger partial charge in [-0.1, -0.05) is 0 Å². The van der Waals surface area contributed by atoms with E-state index in [2.05, 4.69) is 5.73 Å². The van der Waals surface area contributed by atoms with Crippen molar-refractivity contribution in [2.24, 2.45) is 17.8 Å². The number of hydrogen-bond acceptors (Lipinski definition) is 3. The van der Waals surface area contributed by atoms with Gasteiger partial charge < -0.3 is 20.7 Å². The van der Waals surface area contributed by atoms with Crippen molar-refractivity contribution in [3.63, 3.8) is 0 Å². The lowest BCUT2D eigenvalue weighted by atomic mass is 10.3. The fourth-order valence-electron chi connectivity index (χ4n) is 1.39. The van der Waals surface area contributed by atoms with Crippen LogP contribution in [0.25, 0.3) is 0 Å². The number of rotatable bonds is 3. The Labute approximate surface area is 62.8 Å². The smallest absolute Gasteiger partial charge is 0.307 e. The van der Waals surface area contributed by atoms with E-state index in [-0.39, 0.29) is 5.92 Å². The Morgan fingerprint density at radius 3 is 2.09 bits per heavy atom. The van der Waals surface area contributed by atoms with Crippen molar-refractivity contribution >= 4 is 11.9 Å². The van der Waals surface area contributed by atoms with Gasteiger partial charge in [-0.15, -0.1) is 0 Å². The van der Waals surface area contributed by atoms with Gasteiger partial charge in [-0.25, -0.2) is 0 Å². The van der Waals surface area contributed by atoms with Crippen LogP contribution in [0.4, 0.5) is 0 Å². The molecular formula is C6H9NO4. The predicted molar refractivity (Wildman–Crippen MR) is 30.9 cm³/mol. The third-order valence-electron chi connectivity index (χ3n) is 2.06. The van der Waals surface area contributed by atoms with Crippen LogP contribution in [0.5, 0.6) is 0 Å². The lowest BCUT2D eigenvalue weighted by Gasteiger charge is -1.95. The summed E-state index contributed by atoms with van der Waals surface area (Å²) in [5.74, 6) is -4.24. The van der Waals surface area contributed by atoms with Crippen molar-refractivity contribution in [2.45, 2.75) is 0 Å². The summed E-state index contributed by atoms with van der Waals surface area (Å²) in [6, 6.07) is 0. The monoisotopic (exact) mass is 159 g/mol. The summed E-state index contributed by atoms with van der Waals surface area (Å²) in [6.07, 6.45) is 0. The quantitative estimate of drug-likeness (QED) is 0.455. The van der Waals surface area contributed by atoms with Crippen LogP contribution in [0.2, 0.25) is 0 Å². The highest BCUT2D eigenvalue weighted by atomic mass is 16.4. The maximum Gasteiger partial charge on any atom is 0.307 e. The molecular weight excluding hydrogens is 150 g/mol.